The fourth-order valence-corrected chi connectivity index (χ4v) is 6.63. The average molecular weight is 593 g/mol. The number of carbonyl (C=O) groups excluding carboxylic acids is 3. The van der Waals surface area contributed by atoms with Crippen molar-refractivity contribution >= 4 is 17.9 Å². The second-order valence-electron chi connectivity index (χ2n) is 12.9. The first-order valence-electron chi connectivity index (χ1n) is 16.0. The standard InChI is InChI=1S/C16H22O2.C12H16O4.C8H10O/c1-3-13-7-9-14(10-8-13)15(17)18-16(2)11-5-4-6-12-16;1-5(2)11(13)15-9-6-3-7-8(4-6)12(14)16-10(7)9;1-2-7-3-5-8(9)6-4-7/h7-10H,3-6,11-12H2,1-2H3;5-10H,3-4H2,1-2H3;3-6,9H,2H2,1H3. The molecule has 1 N–H and O–H groups in total. The van der Waals surface area contributed by atoms with Crippen LogP contribution in [0.4, 0.5) is 0 Å². The van der Waals surface area contributed by atoms with Gasteiger partial charge in [0.1, 0.15) is 23.6 Å². The van der Waals surface area contributed by atoms with Gasteiger partial charge < -0.3 is 19.3 Å². The number of carbonyl (C=O) groups is 3. The smallest absolute Gasteiger partial charge is 0.338 e. The molecule has 1 aliphatic heterocycles. The molecule has 6 rings (SSSR count). The maximum absolute atomic E-state index is 12.1. The topological polar surface area (TPSA) is 99.1 Å². The summed E-state index contributed by atoms with van der Waals surface area (Å²) in [5, 5.41) is 8.85. The van der Waals surface area contributed by atoms with E-state index in [2.05, 4.69) is 20.8 Å². The van der Waals surface area contributed by atoms with Gasteiger partial charge in [-0.15, -0.1) is 0 Å². The molecule has 1 heterocycles. The normalized spacial score (nSPS) is 26.0. The molecule has 0 spiro atoms. The van der Waals surface area contributed by atoms with Gasteiger partial charge in [-0.2, -0.15) is 0 Å². The Morgan fingerprint density at radius 1 is 0.930 bits per heavy atom. The maximum atomic E-state index is 12.1. The number of rotatable bonds is 6. The van der Waals surface area contributed by atoms with Gasteiger partial charge in [0.05, 0.1) is 17.4 Å². The van der Waals surface area contributed by atoms with Crippen molar-refractivity contribution < 1.29 is 33.7 Å². The summed E-state index contributed by atoms with van der Waals surface area (Å²) >= 11 is 0. The third kappa shape index (κ3) is 8.18. The highest BCUT2D eigenvalue weighted by molar-refractivity contribution is 5.89. The summed E-state index contributed by atoms with van der Waals surface area (Å²) < 4.78 is 16.5. The number of esters is 3. The van der Waals surface area contributed by atoms with Crippen LogP contribution in [-0.4, -0.2) is 40.8 Å². The van der Waals surface area contributed by atoms with Gasteiger partial charge in [0.15, 0.2) is 0 Å². The SMILES string of the molecule is CC(C)C(=O)OC1C2CC3C(=O)OC1C3C2.CCc1ccc(C(=O)OC2(C)CCCCC2)cc1.CCc1ccc(O)cc1. The van der Waals surface area contributed by atoms with E-state index < -0.39 is 0 Å². The molecule has 4 fully saturated rings. The minimum atomic E-state index is -0.251. The van der Waals surface area contributed by atoms with Gasteiger partial charge in [-0.1, -0.05) is 58.4 Å². The lowest BCUT2D eigenvalue weighted by molar-refractivity contribution is -0.164. The quantitative estimate of drug-likeness (QED) is 0.279. The van der Waals surface area contributed by atoms with Gasteiger partial charge in [0.25, 0.3) is 0 Å². The molecule has 2 bridgehead atoms. The summed E-state index contributed by atoms with van der Waals surface area (Å²) in [4.78, 5) is 35.2. The number of ether oxygens (including phenoxy) is 3. The Bertz CT molecular complexity index is 1230. The van der Waals surface area contributed by atoms with E-state index >= 15 is 0 Å². The third-order valence-corrected chi connectivity index (χ3v) is 9.33. The van der Waals surface area contributed by atoms with E-state index in [1.54, 1.807) is 12.1 Å². The molecule has 3 saturated carbocycles. The Labute approximate surface area is 256 Å². The number of phenolic OH excluding ortho intramolecular Hbond substituents is 1. The predicted molar refractivity (Wildman–Crippen MR) is 165 cm³/mol. The van der Waals surface area contributed by atoms with E-state index in [4.69, 9.17) is 19.3 Å². The highest BCUT2D eigenvalue weighted by Gasteiger charge is 2.63. The average Bonchev–Trinajstić information content (AvgIpc) is 3.64. The molecule has 0 amide bonds. The van der Waals surface area contributed by atoms with E-state index in [0.29, 0.717) is 23.1 Å². The minimum absolute atomic E-state index is 0.0828. The van der Waals surface area contributed by atoms with E-state index in [9.17, 15) is 14.4 Å². The van der Waals surface area contributed by atoms with Gasteiger partial charge in [0.2, 0.25) is 0 Å². The molecular weight excluding hydrogens is 544 g/mol. The van der Waals surface area contributed by atoms with Crippen LogP contribution < -0.4 is 0 Å². The van der Waals surface area contributed by atoms with Crippen LogP contribution in [0.2, 0.25) is 0 Å². The summed E-state index contributed by atoms with van der Waals surface area (Å²) in [6, 6.07) is 15.0. The van der Waals surface area contributed by atoms with Crippen molar-refractivity contribution in [3.8, 4) is 5.75 Å². The largest absolute Gasteiger partial charge is 0.508 e. The number of fused-ring (bicyclic) bond motifs is 1. The number of benzene rings is 2. The lowest BCUT2D eigenvalue weighted by Gasteiger charge is -2.33. The molecule has 234 valence electrons. The van der Waals surface area contributed by atoms with Crippen molar-refractivity contribution in [3.63, 3.8) is 0 Å². The number of hydrogen-bond donors (Lipinski definition) is 1. The van der Waals surface area contributed by atoms with Crippen LogP contribution in [0.15, 0.2) is 48.5 Å². The molecule has 2 aromatic rings. The number of phenols is 1. The van der Waals surface area contributed by atoms with E-state index in [-0.39, 0.29) is 47.6 Å². The summed E-state index contributed by atoms with van der Waals surface area (Å²) in [5.41, 5.74) is 2.92. The van der Waals surface area contributed by atoms with Gasteiger partial charge in [-0.05, 0) is 93.7 Å². The molecule has 7 heteroatoms. The van der Waals surface area contributed by atoms with Crippen molar-refractivity contribution in [3.05, 3.63) is 65.2 Å². The summed E-state index contributed by atoms with van der Waals surface area (Å²) in [5.74, 6) is 0.513. The molecular formula is C36H48O7. The van der Waals surface area contributed by atoms with Crippen molar-refractivity contribution in [2.75, 3.05) is 0 Å². The van der Waals surface area contributed by atoms with Crippen LogP contribution in [0, 0.1) is 23.7 Å². The van der Waals surface area contributed by atoms with Gasteiger partial charge >= 0.3 is 17.9 Å². The highest BCUT2D eigenvalue weighted by atomic mass is 16.6. The second-order valence-corrected chi connectivity index (χ2v) is 12.9. The molecule has 7 nitrogen and oxygen atoms in total. The number of aromatic hydroxyl groups is 1. The summed E-state index contributed by atoms with van der Waals surface area (Å²) in [6.45, 7) is 9.89. The minimum Gasteiger partial charge on any atom is -0.508 e. The van der Waals surface area contributed by atoms with Crippen LogP contribution >= 0.6 is 0 Å². The molecule has 3 aliphatic carbocycles. The highest BCUT2D eigenvalue weighted by Crippen LogP contribution is 2.55. The molecule has 5 atom stereocenters. The lowest BCUT2D eigenvalue weighted by Crippen LogP contribution is -2.36. The lowest BCUT2D eigenvalue weighted by atomic mass is 9.86. The van der Waals surface area contributed by atoms with Crippen LogP contribution in [-0.2, 0) is 36.6 Å². The zero-order chi connectivity index (χ0) is 31.1. The number of aryl methyl sites for hydroxylation is 2. The van der Waals surface area contributed by atoms with E-state index in [1.807, 2.05) is 50.2 Å². The zero-order valence-electron chi connectivity index (χ0n) is 26.3. The van der Waals surface area contributed by atoms with Crippen LogP contribution in [0.5, 0.6) is 5.75 Å². The molecule has 0 radical (unpaired) electrons. The Kier molecular flexibility index (Phi) is 10.9. The molecule has 5 unspecified atom stereocenters. The van der Waals surface area contributed by atoms with Crippen LogP contribution in [0.25, 0.3) is 0 Å². The maximum Gasteiger partial charge on any atom is 0.338 e. The van der Waals surface area contributed by atoms with Gasteiger partial charge in [0, 0.05) is 11.8 Å². The fraction of sp³-hybridized carbons (Fsp3) is 0.583. The van der Waals surface area contributed by atoms with Crippen molar-refractivity contribution in [1.29, 1.82) is 0 Å². The predicted octanol–water partition coefficient (Wildman–Crippen LogP) is 7.22. The first kappa shape index (κ1) is 32.6. The molecule has 1 saturated heterocycles. The van der Waals surface area contributed by atoms with Crippen molar-refractivity contribution in [2.24, 2.45) is 23.7 Å². The Morgan fingerprint density at radius 3 is 2.07 bits per heavy atom. The molecule has 0 aromatic heterocycles. The Balaban J connectivity index is 0.000000156. The first-order chi connectivity index (χ1) is 20.5. The number of hydrogen-bond acceptors (Lipinski definition) is 7. The Hall–Kier alpha value is -3.35. The molecule has 43 heavy (non-hydrogen) atoms. The van der Waals surface area contributed by atoms with E-state index in [1.165, 1.54) is 30.4 Å². The van der Waals surface area contributed by atoms with Gasteiger partial charge in [-0.25, -0.2) is 4.79 Å². The van der Waals surface area contributed by atoms with E-state index in [0.717, 1.165) is 38.5 Å². The summed E-state index contributed by atoms with van der Waals surface area (Å²) in [6.07, 6.45) is 9.09. The van der Waals surface area contributed by atoms with Crippen LogP contribution in [0.1, 0.15) is 101 Å². The van der Waals surface area contributed by atoms with Crippen molar-refractivity contribution in [2.45, 2.75) is 110 Å². The monoisotopic (exact) mass is 592 g/mol. The fourth-order valence-electron chi connectivity index (χ4n) is 6.63. The summed E-state index contributed by atoms with van der Waals surface area (Å²) in [7, 11) is 0. The second kappa shape index (κ2) is 14.4. The molecule has 4 aliphatic rings. The van der Waals surface area contributed by atoms with Gasteiger partial charge in [-0.3, -0.25) is 9.59 Å². The Morgan fingerprint density at radius 2 is 1.51 bits per heavy atom. The first-order valence-corrected chi connectivity index (χ1v) is 16.0. The third-order valence-electron chi connectivity index (χ3n) is 9.33. The molecule has 2 aromatic carbocycles. The zero-order valence-corrected chi connectivity index (χ0v) is 26.3. The van der Waals surface area contributed by atoms with Crippen molar-refractivity contribution in [1.82, 2.24) is 0 Å². The van der Waals surface area contributed by atoms with Crippen LogP contribution in [0.3, 0.4) is 0 Å².